The summed E-state index contributed by atoms with van der Waals surface area (Å²) in [7, 11) is 10.0. The summed E-state index contributed by atoms with van der Waals surface area (Å²) in [5.74, 6) is -0.130. The molecule has 0 aromatic heterocycles. The first-order chi connectivity index (χ1) is 19.4. The molecular weight excluding hydrogens is 505 g/mol. The lowest BCUT2D eigenvalue weighted by Crippen LogP contribution is -2.45. The Morgan fingerprint density at radius 2 is 1.32 bits per heavy atom. The van der Waals surface area contributed by atoms with E-state index in [-0.39, 0.29) is 24.6 Å². The minimum Gasteiger partial charge on any atom is -0.445 e. The molecule has 9 nitrogen and oxygen atoms in total. The molecule has 2 fully saturated rings. The Kier molecular flexibility index (Phi) is 15.4. The molecule has 2 saturated heterocycles. The van der Waals surface area contributed by atoms with Gasteiger partial charge in [-0.15, -0.1) is 0 Å². The van der Waals surface area contributed by atoms with Crippen molar-refractivity contribution in [2.45, 2.75) is 52.0 Å². The predicted octanol–water partition coefficient (Wildman–Crippen LogP) is 2.40. The lowest BCUT2D eigenvalue weighted by Gasteiger charge is -2.25. The summed E-state index contributed by atoms with van der Waals surface area (Å²) >= 11 is 0. The SMILES string of the molecule is CC1C(=O)NCCCN1C(=O)OCc1ccccc1.CC1CNCCCN1C(=O)OCc1ccccc1.[B][B][B]. The third-order valence-electron chi connectivity index (χ3n) is 6.33. The summed E-state index contributed by atoms with van der Waals surface area (Å²) < 4.78 is 10.6. The highest BCUT2D eigenvalue weighted by Crippen LogP contribution is 2.10. The molecule has 3 amide bonds. The number of rotatable bonds is 4. The average molecular weight is 543 g/mol. The quantitative estimate of drug-likeness (QED) is 0.576. The van der Waals surface area contributed by atoms with Crippen molar-refractivity contribution in [3.8, 4) is 0 Å². The van der Waals surface area contributed by atoms with Crippen LogP contribution in [-0.2, 0) is 27.5 Å². The first-order valence-electron chi connectivity index (χ1n) is 13.6. The Labute approximate surface area is 241 Å². The van der Waals surface area contributed by atoms with Crippen LogP contribution in [0.5, 0.6) is 0 Å². The molecule has 2 aromatic carbocycles. The molecule has 0 saturated carbocycles. The summed E-state index contributed by atoms with van der Waals surface area (Å²) in [6.45, 7) is 8.03. The van der Waals surface area contributed by atoms with Crippen molar-refractivity contribution in [1.82, 2.24) is 20.4 Å². The number of hydrogen-bond acceptors (Lipinski definition) is 6. The normalized spacial score (nSPS) is 18.7. The molecule has 4 rings (SSSR count). The van der Waals surface area contributed by atoms with E-state index in [9.17, 15) is 14.4 Å². The van der Waals surface area contributed by atoms with Crippen LogP contribution in [0.4, 0.5) is 9.59 Å². The fourth-order valence-corrected chi connectivity index (χ4v) is 4.08. The van der Waals surface area contributed by atoms with Crippen molar-refractivity contribution in [2.75, 3.05) is 32.7 Å². The third kappa shape index (κ3) is 11.8. The van der Waals surface area contributed by atoms with Gasteiger partial charge in [-0.1, -0.05) is 60.7 Å². The first kappa shape index (κ1) is 32.8. The second-order valence-electron chi connectivity index (χ2n) is 9.39. The van der Waals surface area contributed by atoms with E-state index in [2.05, 4.69) is 26.1 Å². The van der Waals surface area contributed by atoms with Gasteiger partial charge in [0.15, 0.2) is 0 Å². The van der Waals surface area contributed by atoms with Gasteiger partial charge in [0, 0.05) is 54.8 Å². The van der Waals surface area contributed by atoms with Crippen LogP contribution in [0.25, 0.3) is 0 Å². The molecule has 0 bridgehead atoms. The number of ether oxygens (including phenoxy) is 2. The molecule has 12 heteroatoms. The predicted molar refractivity (Wildman–Crippen MR) is 158 cm³/mol. The maximum Gasteiger partial charge on any atom is 0.410 e. The maximum atomic E-state index is 12.0. The van der Waals surface area contributed by atoms with Crippen LogP contribution in [0, 0.1) is 0 Å². The van der Waals surface area contributed by atoms with Crippen LogP contribution in [0.2, 0.25) is 0 Å². The van der Waals surface area contributed by atoms with Gasteiger partial charge in [-0.25, -0.2) is 9.59 Å². The summed E-state index contributed by atoms with van der Waals surface area (Å²) in [5, 5.41) is 6.07. The molecule has 5 radical (unpaired) electrons. The molecule has 2 aliphatic heterocycles. The number of amides is 3. The molecule has 209 valence electrons. The highest BCUT2D eigenvalue weighted by molar-refractivity contribution is 7.17. The zero-order valence-electron chi connectivity index (χ0n) is 23.5. The van der Waals surface area contributed by atoms with Crippen molar-refractivity contribution >= 4 is 40.6 Å². The highest BCUT2D eigenvalue weighted by Gasteiger charge is 2.28. The van der Waals surface area contributed by atoms with Crippen molar-refractivity contribution in [1.29, 1.82) is 0 Å². The van der Waals surface area contributed by atoms with Crippen LogP contribution in [0.1, 0.15) is 37.8 Å². The number of carbonyl (C=O) groups is 3. The summed E-state index contributed by atoms with van der Waals surface area (Å²) in [6.07, 6.45) is 1.07. The third-order valence-corrected chi connectivity index (χ3v) is 6.33. The monoisotopic (exact) mass is 543 g/mol. The Morgan fingerprint density at radius 3 is 1.88 bits per heavy atom. The zero-order valence-corrected chi connectivity index (χ0v) is 23.5. The molecular formula is C28H38B3N4O5. The first-order valence-corrected chi connectivity index (χ1v) is 13.6. The highest BCUT2D eigenvalue weighted by atomic mass is 16.6. The largest absolute Gasteiger partial charge is 0.445 e. The van der Waals surface area contributed by atoms with Gasteiger partial charge in [0.2, 0.25) is 5.91 Å². The van der Waals surface area contributed by atoms with E-state index >= 15 is 0 Å². The van der Waals surface area contributed by atoms with Gasteiger partial charge in [-0.2, -0.15) is 0 Å². The summed E-state index contributed by atoms with van der Waals surface area (Å²) in [6, 6.07) is 19.0. The maximum absolute atomic E-state index is 12.0. The van der Waals surface area contributed by atoms with Crippen molar-refractivity contribution in [2.24, 2.45) is 0 Å². The second kappa shape index (κ2) is 18.8. The van der Waals surface area contributed by atoms with Gasteiger partial charge in [0.05, 0.1) is 0 Å². The van der Waals surface area contributed by atoms with E-state index in [1.54, 1.807) is 6.92 Å². The molecule has 2 aliphatic rings. The Bertz CT molecular complexity index is 1020. The van der Waals surface area contributed by atoms with Crippen LogP contribution < -0.4 is 10.6 Å². The van der Waals surface area contributed by atoms with Gasteiger partial charge in [-0.3, -0.25) is 9.69 Å². The Balaban J connectivity index is 0.000000256. The zero-order chi connectivity index (χ0) is 29.2. The van der Waals surface area contributed by atoms with E-state index in [0.717, 1.165) is 50.7 Å². The fraction of sp³-hybridized carbons (Fsp3) is 0.464. The molecule has 0 aliphatic carbocycles. The van der Waals surface area contributed by atoms with Crippen LogP contribution in [0.15, 0.2) is 60.7 Å². The number of carbonyl (C=O) groups excluding carboxylic acids is 3. The van der Waals surface area contributed by atoms with Crippen LogP contribution >= 0.6 is 0 Å². The Morgan fingerprint density at radius 1 is 0.850 bits per heavy atom. The number of benzene rings is 2. The fourth-order valence-electron chi connectivity index (χ4n) is 4.08. The van der Waals surface area contributed by atoms with Crippen molar-refractivity contribution in [3.63, 3.8) is 0 Å². The smallest absolute Gasteiger partial charge is 0.410 e. The minimum absolute atomic E-state index is 0.130. The Hall–Kier alpha value is -3.40. The van der Waals surface area contributed by atoms with E-state index < -0.39 is 12.1 Å². The van der Waals surface area contributed by atoms with Crippen molar-refractivity contribution in [3.05, 3.63) is 71.8 Å². The standard InChI is InChI=1S/C14H18N2O3.C14H20N2O2.B3/c1-11-13(17)15-8-5-9-16(11)14(18)19-10-12-6-3-2-4-7-12;1-12-10-15-8-5-9-16(12)14(17)18-11-13-6-3-2-4-7-13;1-3-2/h2-4,6-7,11H,5,8-10H2,1H3,(H,15,17);2-4,6-7,12,15H,5,8-11H2,1H3;. The molecule has 2 unspecified atom stereocenters. The number of hydrogen-bond donors (Lipinski definition) is 2. The topological polar surface area (TPSA) is 100 Å². The molecule has 40 heavy (non-hydrogen) atoms. The summed E-state index contributed by atoms with van der Waals surface area (Å²) in [5.41, 5.74) is 1.95. The molecule has 2 heterocycles. The molecule has 0 spiro atoms. The van der Waals surface area contributed by atoms with Gasteiger partial charge in [0.25, 0.3) is 0 Å². The van der Waals surface area contributed by atoms with Gasteiger partial charge >= 0.3 is 12.2 Å². The minimum atomic E-state index is -0.481. The van der Waals surface area contributed by atoms with Crippen LogP contribution in [-0.4, -0.2) is 95.2 Å². The number of nitrogens with one attached hydrogen (secondary N) is 2. The van der Waals surface area contributed by atoms with Crippen molar-refractivity contribution < 1.29 is 23.9 Å². The van der Waals surface area contributed by atoms with E-state index in [1.807, 2.05) is 72.5 Å². The molecule has 2 atom stereocenters. The van der Waals surface area contributed by atoms with Gasteiger partial charge in [-0.05, 0) is 44.4 Å². The second-order valence-corrected chi connectivity index (χ2v) is 9.39. The van der Waals surface area contributed by atoms with E-state index in [1.165, 1.54) is 4.90 Å². The van der Waals surface area contributed by atoms with Gasteiger partial charge in [0.1, 0.15) is 19.3 Å². The lowest BCUT2D eigenvalue weighted by molar-refractivity contribution is -0.124. The van der Waals surface area contributed by atoms with E-state index in [0.29, 0.717) is 19.7 Å². The lowest BCUT2D eigenvalue weighted by atomic mass is 9.40. The van der Waals surface area contributed by atoms with E-state index in [4.69, 9.17) is 9.47 Å². The summed E-state index contributed by atoms with van der Waals surface area (Å²) in [4.78, 5) is 38.9. The molecule has 2 aromatic rings. The molecule has 2 N–H and O–H groups in total. The number of nitrogens with zero attached hydrogens (tertiary/aromatic N) is 2. The van der Waals surface area contributed by atoms with Gasteiger partial charge < -0.3 is 25.0 Å². The van der Waals surface area contributed by atoms with Crippen LogP contribution in [0.3, 0.4) is 0 Å². The average Bonchev–Trinajstić information content (AvgIpc) is 3.29.